The number of aryl methyl sites for hydroxylation is 1. The van der Waals surface area contributed by atoms with Crippen LogP contribution in [0.15, 0.2) is 52.1 Å². The highest BCUT2D eigenvalue weighted by Crippen LogP contribution is 2.45. The van der Waals surface area contributed by atoms with Crippen molar-refractivity contribution in [3.05, 3.63) is 52.8 Å². The molecular formula is C21H28S2. The van der Waals surface area contributed by atoms with E-state index in [1.54, 1.807) is 11.8 Å². The minimum Gasteiger partial charge on any atom is -0.123 e. The Labute approximate surface area is 150 Å². The van der Waals surface area contributed by atoms with E-state index >= 15 is 0 Å². The third-order valence-corrected chi connectivity index (χ3v) is 7.26. The van der Waals surface area contributed by atoms with Crippen molar-refractivity contribution >= 4 is 23.5 Å². The molecule has 0 spiro atoms. The molecule has 124 valence electrons. The van der Waals surface area contributed by atoms with E-state index in [0.29, 0.717) is 0 Å². The lowest BCUT2D eigenvalue weighted by molar-refractivity contribution is 0.175. The van der Waals surface area contributed by atoms with Crippen molar-refractivity contribution in [3.63, 3.8) is 0 Å². The Morgan fingerprint density at radius 1 is 1.13 bits per heavy atom. The molecular weight excluding hydrogens is 316 g/mol. The van der Waals surface area contributed by atoms with Gasteiger partial charge in [0.2, 0.25) is 0 Å². The van der Waals surface area contributed by atoms with Crippen LogP contribution in [0.25, 0.3) is 0 Å². The standard InChI is InChI=1S/C21H28S2/c1-16-6-5-9-20(14-16)22-13-12-17(2)23-21-11-10-18-7-3-4-8-19(18)15-21/h5-6,9,12-14,18-19,21H,2-4,7-8,10-11,15H2,1H3. The molecule has 3 unspecified atom stereocenters. The lowest BCUT2D eigenvalue weighted by Crippen LogP contribution is -2.28. The Hall–Kier alpha value is -0.600. The topological polar surface area (TPSA) is 0 Å². The first-order chi connectivity index (χ1) is 11.2. The zero-order chi connectivity index (χ0) is 16.1. The largest absolute Gasteiger partial charge is 0.123 e. The lowest BCUT2D eigenvalue weighted by atomic mass is 9.71. The Morgan fingerprint density at radius 2 is 1.96 bits per heavy atom. The summed E-state index contributed by atoms with van der Waals surface area (Å²) < 4.78 is 0. The van der Waals surface area contributed by atoms with Crippen molar-refractivity contribution < 1.29 is 0 Å². The molecule has 0 amide bonds. The van der Waals surface area contributed by atoms with E-state index in [1.807, 2.05) is 11.8 Å². The second-order valence-corrected chi connectivity index (χ2v) is 9.47. The summed E-state index contributed by atoms with van der Waals surface area (Å²) in [6.07, 6.45) is 12.4. The molecule has 0 heterocycles. The molecule has 2 heteroatoms. The van der Waals surface area contributed by atoms with Crippen molar-refractivity contribution in [2.45, 2.75) is 62.0 Å². The maximum atomic E-state index is 4.26. The molecule has 0 radical (unpaired) electrons. The van der Waals surface area contributed by atoms with Crippen LogP contribution in [0.3, 0.4) is 0 Å². The molecule has 2 fully saturated rings. The molecule has 2 aliphatic rings. The fourth-order valence-electron chi connectivity index (χ4n) is 4.07. The first kappa shape index (κ1) is 17.2. The maximum Gasteiger partial charge on any atom is 0.0118 e. The van der Waals surface area contributed by atoms with E-state index in [1.165, 1.54) is 60.3 Å². The minimum absolute atomic E-state index is 0.801. The summed E-state index contributed by atoms with van der Waals surface area (Å²) >= 11 is 3.81. The van der Waals surface area contributed by atoms with Crippen LogP contribution >= 0.6 is 23.5 Å². The number of benzene rings is 1. The smallest absolute Gasteiger partial charge is 0.0118 e. The van der Waals surface area contributed by atoms with Crippen molar-refractivity contribution in [3.8, 4) is 0 Å². The maximum absolute atomic E-state index is 4.26. The van der Waals surface area contributed by atoms with Crippen LogP contribution < -0.4 is 0 Å². The highest BCUT2D eigenvalue weighted by Gasteiger charge is 2.32. The summed E-state index contributed by atoms with van der Waals surface area (Å²) in [5, 5.41) is 2.99. The fraction of sp³-hybridized carbons (Fsp3) is 0.524. The third-order valence-electron chi connectivity index (χ3n) is 5.26. The molecule has 23 heavy (non-hydrogen) atoms. The van der Waals surface area contributed by atoms with Gasteiger partial charge in [0.1, 0.15) is 0 Å². The molecule has 0 bridgehead atoms. The van der Waals surface area contributed by atoms with Gasteiger partial charge in [0, 0.05) is 15.1 Å². The molecule has 1 aromatic rings. The number of allylic oxidation sites excluding steroid dienone is 1. The van der Waals surface area contributed by atoms with E-state index in [0.717, 1.165) is 17.1 Å². The lowest BCUT2D eigenvalue weighted by Gasteiger charge is -2.39. The third kappa shape index (κ3) is 5.19. The van der Waals surface area contributed by atoms with Crippen LogP contribution in [0.1, 0.15) is 50.5 Å². The first-order valence-electron chi connectivity index (χ1n) is 8.96. The summed E-state index contributed by atoms with van der Waals surface area (Å²) in [5.41, 5.74) is 1.32. The van der Waals surface area contributed by atoms with Crippen LogP contribution in [0.4, 0.5) is 0 Å². The second kappa shape index (κ2) is 8.48. The quantitative estimate of drug-likeness (QED) is 0.409. The van der Waals surface area contributed by atoms with Gasteiger partial charge in [-0.2, -0.15) is 0 Å². The molecule has 1 aromatic carbocycles. The molecule has 3 atom stereocenters. The normalized spacial score (nSPS) is 27.8. The zero-order valence-corrected chi connectivity index (χ0v) is 15.8. The molecule has 0 saturated heterocycles. The van der Waals surface area contributed by atoms with E-state index in [-0.39, 0.29) is 0 Å². The van der Waals surface area contributed by atoms with Gasteiger partial charge >= 0.3 is 0 Å². The Bertz CT molecular complexity index is 561. The number of hydrogen-bond acceptors (Lipinski definition) is 2. The van der Waals surface area contributed by atoms with Gasteiger partial charge in [-0.25, -0.2) is 0 Å². The van der Waals surface area contributed by atoms with Crippen molar-refractivity contribution in [2.75, 3.05) is 0 Å². The van der Waals surface area contributed by atoms with Gasteiger partial charge in [-0.3, -0.25) is 0 Å². The summed E-state index contributed by atoms with van der Waals surface area (Å²) in [6.45, 7) is 6.41. The molecule has 0 nitrogen and oxygen atoms in total. The summed E-state index contributed by atoms with van der Waals surface area (Å²) in [4.78, 5) is 2.53. The Kier molecular flexibility index (Phi) is 6.36. The number of rotatable bonds is 5. The van der Waals surface area contributed by atoms with Crippen molar-refractivity contribution in [1.82, 2.24) is 0 Å². The van der Waals surface area contributed by atoms with Gasteiger partial charge in [-0.15, -0.1) is 11.8 Å². The van der Waals surface area contributed by atoms with Crippen LogP contribution in [0.5, 0.6) is 0 Å². The predicted molar refractivity (Wildman–Crippen MR) is 106 cm³/mol. The molecule has 3 rings (SSSR count). The zero-order valence-electron chi connectivity index (χ0n) is 14.2. The number of hydrogen-bond donors (Lipinski definition) is 0. The molecule has 2 aliphatic carbocycles. The van der Waals surface area contributed by atoms with Crippen LogP contribution in [-0.4, -0.2) is 5.25 Å². The highest BCUT2D eigenvalue weighted by molar-refractivity contribution is 8.04. The van der Waals surface area contributed by atoms with E-state index < -0.39 is 0 Å². The Morgan fingerprint density at radius 3 is 2.78 bits per heavy atom. The molecule has 0 N–H and O–H groups in total. The average Bonchev–Trinajstić information content (AvgIpc) is 2.55. The van der Waals surface area contributed by atoms with Gasteiger partial charge in [0.25, 0.3) is 0 Å². The van der Waals surface area contributed by atoms with Gasteiger partial charge in [0.05, 0.1) is 0 Å². The first-order valence-corrected chi connectivity index (χ1v) is 10.7. The van der Waals surface area contributed by atoms with E-state index in [2.05, 4.69) is 49.3 Å². The molecule has 0 aliphatic heterocycles. The average molecular weight is 345 g/mol. The number of fused-ring (bicyclic) bond motifs is 1. The van der Waals surface area contributed by atoms with Crippen LogP contribution in [0, 0.1) is 18.8 Å². The second-order valence-electron chi connectivity index (χ2n) is 7.06. The monoisotopic (exact) mass is 344 g/mol. The molecule has 2 saturated carbocycles. The summed E-state index contributed by atoms with van der Waals surface area (Å²) in [5.74, 6) is 2.05. The predicted octanol–water partition coefficient (Wildman–Crippen LogP) is 7.21. The molecule has 0 aromatic heterocycles. The van der Waals surface area contributed by atoms with Crippen LogP contribution in [-0.2, 0) is 0 Å². The van der Waals surface area contributed by atoms with E-state index in [4.69, 9.17) is 0 Å². The number of thioether (sulfide) groups is 2. The van der Waals surface area contributed by atoms with Gasteiger partial charge in [-0.05, 0) is 61.6 Å². The summed E-state index contributed by atoms with van der Waals surface area (Å²) in [6, 6.07) is 8.67. The highest BCUT2D eigenvalue weighted by atomic mass is 32.2. The fourth-order valence-corrected chi connectivity index (χ4v) is 6.13. The Balaban J connectivity index is 1.44. The van der Waals surface area contributed by atoms with Crippen molar-refractivity contribution in [1.29, 1.82) is 0 Å². The van der Waals surface area contributed by atoms with Gasteiger partial charge in [0.15, 0.2) is 0 Å². The van der Waals surface area contributed by atoms with Gasteiger partial charge in [-0.1, -0.05) is 61.7 Å². The van der Waals surface area contributed by atoms with E-state index in [9.17, 15) is 0 Å². The van der Waals surface area contributed by atoms with Crippen molar-refractivity contribution in [2.24, 2.45) is 11.8 Å². The summed E-state index contributed by atoms with van der Waals surface area (Å²) in [7, 11) is 0. The minimum atomic E-state index is 0.801. The van der Waals surface area contributed by atoms with Gasteiger partial charge < -0.3 is 0 Å². The SMILES string of the molecule is C=C(C=CSc1cccc(C)c1)SC1CCC2CCCCC2C1. The van der Waals surface area contributed by atoms with Crippen LogP contribution in [0.2, 0.25) is 0 Å².